The van der Waals surface area contributed by atoms with Crippen LogP contribution < -0.4 is 5.32 Å². The minimum Gasteiger partial charge on any atom is -0.412 e. The summed E-state index contributed by atoms with van der Waals surface area (Å²) in [5.74, 6) is -0.107. The lowest BCUT2D eigenvalue weighted by atomic mass is 10.1. The van der Waals surface area contributed by atoms with Crippen LogP contribution in [0.3, 0.4) is 0 Å². The standard InChI is InChI=1S/C9H12FN.H2O/c1-6-4-8(11-3)5-7(2)9(6)10;/h4-5,11H,1-3H3;1H2. The fourth-order valence-corrected chi connectivity index (χ4v) is 1.09. The van der Waals surface area contributed by atoms with E-state index in [2.05, 4.69) is 5.32 Å². The smallest absolute Gasteiger partial charge is 0.129 e. The second kappa shape index (κ2) is 4.07. The molecule has 68 valence electrons. The van der Waals surface area contributed by atoms with Crippen LogP contribution in [0, 0.1) is 19.7 Å². The molecular weight excluding hydrogens is 157 g/mol. The number of anilines is 1. The molecule has 1 aromatic carbocycles. The van der Waals surface area contributed by atoms with Crippen molar-refractivity contribution in [3.63, 3.8) is 0 Å². The van der Waals surface area contributed by atoms with Crippen molar-refractivity contribution in [3.8, 4) is 0 Å². The number of aryl methyl sites for hydroxylation is 2. The Morgan fingerprint density at radius 1 is 1.17 bits per heavy atom. The van der Waals surface area contributed by atoms with Crippen molar-refractivity contribution >= 4 is 5.69 Å². The zero-order chi connectivity index (χ0) is 8.43. The van der Waals surface area contributed by atoms with E-state index < -0.39 is 0 Å². The molecule has 0 heterocycles. The molecule has 0 aromatic heterocycles. The first-order valence-corrected chi connectivity index (χ1v) is 3.59. The van der Waals surface area contributed by atoms with Gasteiger partial charge in [-0.1, -0.05) is 0 Å². The molecule has 0 unspecified atom stereocenters. The van der Waals surface area contributed by atoms with Gasteiger partial charge in [0.15, 0.2) is 0 Å². The number of hydrogen-bond acceptors (Lipinski definition) is 1. The Morgan fingerprint density at radius 3 is 1.92 bits per heavy atom. The van der Waals surface area contributed by atoms with Gasteiger partial charge < -0.3 is 10.8 Å². The van der Waals surface area contributed by atoms with Crippen LogP contribution in [0.15, 0.2) is 12.1 Å². The highest BCUT2D eigenvalue weighted by Crippen LogP contribution is 2.17. The lowest BCUT2D eigenvalue weighted by molar-refractivity contribution is 0.609. The Balaban J connectivity index is 0.00000121. The lowest BCUT2D eigenvalue weighted by Crippen LogP contribution is -1.93. The maximum atomic E-state index is 13.0. The monoisotopic (exact) mass is 171 g/mol. The van der Waals surface area contributed by atoms with Crippen LogP contribution in [0.5, 0.6) is 0 Å². The molecule has 0 fully saturated rings. The highest BCUT2D eigenvalue weighted by atomic mass is 19.1. The van der Waals surface area contributed by atoms with Crippen molar-refractivity contribution in [3.05, 3.63) is 29.1 Å². The summed E-state index contributed by atoms with van der Waals surface area (Å²) < 4.78 is 13.0. The normalized spacial score (nSPS) is 9.00. The second-order valence-electron chi connectivity index (χ2n) is 2.67. The van der Waals surface area contributed by atoms with E-state index in [0.29, 0.717) is 11.1 Å². The van der Waals surface area contributed by atoms with Crippen LogP contribution in [-0.2, 0) is 0 Å². The number of hydrogen-bond donors (Lipinski definition) is 1. The van der Waals surface area contributed by atoms with E-state index in [9.17, 15) is 4.39 Å². The van der Waals surface area contributed by atoms with Crippen molar-refractivity contribution in [2.45, 2.75) is 13.8 Å². The average molecular weight is 171 g/mol. The largest absolute Gasteiger partial charge is 0.412 e. The molecule has 1 rings (SSSR count). The summed E-state index contributed by atoms with van der Waals surface area (Å²) in [6.45, 7) is 3.53. The minimum absolute atomic E-state index is 0. The van der Waals surface area contributed by atoms with Crippen LogP contribution in [0.2, 0.25) is 0 Å². The molecule has 0 saturated heterocycles. The summed E-state index contributed by atoms with van der Waals surface area (Å²) in [7, 11) is 1.83. The highest BCUT2D eigenvalue weighted by molar-refractivity contribution is 5.48. The third kappa shape index (κ3) is 1.95. The van der Waals surface area contributed by atoms with E-state index in [4.69, 9.17) is 0 Å². The predicted molar refractivity (Wildman–Crippen MR) is 49.0 cm³/mol. The fourth-order valence-electron chi connectivity index (χ4n) is 1.09. The zero-order valence-electron chi connectivity index (χ0n) is 7.53. The van der Waals surface area contributed by atoms with Gasteiger partial charge in [0.1, 0.15) is 5.82 Å². The molecule has 0 amide bonds. The molecule has 0 atom stereocenters. The van der Waals surface area contributed by atoms with Gasteiger partial charge in [0.2, 0.25) is 0 Å². The molecule has 0 saturated carbocycles. The Labute approximate surface area is 71.7 Å². The Hall–Kier alpha value is -1.09. The quantitative estimate of drug-likeness (QED) is 0.686. The van der Waals surface area contributed by atoms with E-state index in [0.717, 1.165) is 5.69 Å². The SMILES string of the molecule is CNc1cc(C)c(F)c(C)c1.O. The van der Waals surface area contributed by atoms with Crippen LogP contribution >= 0.6 is 0 Å². The van der Waals surface area contributed by atoms with Crippen molar-refractivity contribution in [1.82, 2.24) is 0 Å². The van der Waals surface area contributed by atoms with Gasteiger partial charge >= 0.3 is 0 Å². The van der Waals surface area contributed by atoms with Crippen molar-refractivity contribution in [2.24, 2.45) is 0 Å². The Bertz CT molecular complexity index is 250. The van der Waals surface area contributed by atoms with Gasteiger partial charge in [-0.2, -0.15) is 0 Å². The maximum Gasteiger partial charge on any atom is 0.129 e. The number of rotatable bonds is 1. The third-order valence-electron chi connectivity index (χ3n) is 1.73. The fraction of sp³-hybridized carbons (Fsp3) is 0.333. The van der Waals surface area contributed by atoms with Gasteiger partial charge in [0.25, 0.3) is 0 Å². The molecule has 0 radical (unpaired) electrons. The van der Waals surface area contributed by atoms with Gasteiger partial charge in [0.05, 0.1) is 0 Å². The first-order valence-electron chi connectivity index (χ1n) is 3.59. The van der Waals surface area contributed by atoms with Gasteiger partial charge in [-0.25, -0.2) is 4.39 Å². The molecule has 0 aliphatic rings. The lowest BCUT2D eigenvalue weighted by Gasteiger charge is -2.05. The molecule has 0 aliphatic carbocycles. The van der Waals surface area contributed by atoms with Crippen molar-refractivity contribution in [1.29, 1.82) is 0 Å². The van der Waals surface area contributed by atoms with E-state index in [1.807, 2.05) is 7.05 Å². The van der Waals surface area contributed by atoms with E-state index >= 15 is 0 Å². The van der Waals surface area contributed by atoms with Crippen LogP contribution in [0.4, 0.5) is 10.1 Å². The average Bonchev–Trinajstić information content (AvgIpc) is 1.99. The minimum atomic E-state index is -0.107. The molecule has 2 nitrogen and oxygen atoms in total. The van der Waals surface area contributed by atoms with Gasteiger partial charge in [-0.05, 0) is 37.1 Å². The molecule has 12 heavy (non-hydrogen) atoms. The molecule has 0 bridgehead atoms. The van der Waals surface area contributed by atoms with Gasteiger partial charge in [-0.3, -0.25) is 0 Å². The van der Waals surface area contributed by atoms with E-state index in [-0.39, 0.29) is 11.3 Å². The Morgan fingerprint density at radius 2 is 1.58 bits per heavy atom. The molecular formula is C9H14FNO. The maximum absolute atomic E-state index is 13.0. The van der Waals surface area contributed by atoms with Crippen molar-refractivity contribution < 1.29 is 9.87 Å². The summed E-state index contributed by atoms with van der Waals surface area (Å²) in [6.07, 6.45) is 0. The van der Waals surface area contributed by atoms with Gasteiger partial charge in [-0.15, -0.1) is 0 Å². The summed E-state index contributed by atoms with van der Waals surface area (Å²) >= 11 is 0. The molecule has 3 heteroatoms. The first-order chi connectivity index (χ1) is 5.15. The summed E-state index contributed by atoms with van der Waals surface area (Å²) in [4.78, 5) is 0. The molecule has 1 aromatic rings. The van der Waals surface area contributed by atoms with Crippen LogP contribution in [0.25, 0.3) is 0 Å². The Kier molecular flexibility index (Phi) is 3.70. The van der Waals surface area contributed by atoms with Crippen LogP contribution in [-0.4, -0.2) is 12.5 Å². The van der Waals surface area contributed by atoms with E-state index in [1.165, 1.54) is 0 Å². The van der Waals surface area contributed by atoms with Gasteiger partial charge in [0, 0.05) is 12.7 Å². The summed E-state index contributed by atoms with van der Waals surface area (Å²) in [6, 6.07) is 3.59. The second-order valence-corrected chi connectivity index (χ2v) is 2.67. The summed E-state index contributed by atoms with van der Waals surface area (Å²) in [5, 5.41) is 2.97. The topological polar surface area (TPSA) is 43.5 Å². The zero-order valence-corrected chi connectivity index (χ0v) is 7.53. The third-order valence-corrected chi connectivity index (χ3v) is 1.73. The predicted octanol–water partition coefficient (Wildman–Crippen LogP) is 1.66. The van der Waals surface area contributed by atoms with Crippen molar-refractivity contribution in [2.75, 3.05) is 12.4 Å². The van der Waals surface area contributed by atoms with E-state index in [1.54, 1.807) is 26.0 Å². The van der Waals surface area contributed by atoms with Crippen LogP contribution in [0.1, 0.15) is 11.1 Å². The molecule has 3 N–H and O–H groups in total. The number of nitrogens with one attached hydrogen (secondary N) is 1. The first kappa shape index (κ1) is 10.9. The molecule has 0 aliphatic heterocycles. The summed E-state index contributed by atoms with van der Waals surface area (Å²) in [5.41, 5.74) is 2.34. The highest BCUT2D eigenvalue weighted by Gasteiger charge is 2.01. The number of halogens is 1. The number of benzene rings is 1. The molecule has 0 spiro atoms.